The maximum Gasteiger partial charge on any atom is 0.163 e. The molecule has 1 unspecified atom stereocenters. The average Bonchev–Trinajstić information content (AvgIpc) is 2.43. The first kappa shape index (κ1) is 13.6. The van der Waals surface area contributed by atoms with Crippen molar-refractivity contribution in [3.8, 4) is 0 Å². The largest absolute Gasteiger partial charge is 0.323 e. The number of piperidine rings is 1. The second-order valence-corrected chi connectivity index (χ2v) is 6.73. The molecule has 106 valence electrons. The van der Waals surface area contributed by atoms with Gasteiger partial charge in [0.1, 0.15) is 6.04 Å². The Kier molecular flexibility index (Phi) is 3.51. The summed E-state index contributed by atoms with van der Waals surface area (Å²) in [7, 11) is 4.58. The number of quaternary nitrogens is 1. The van der Waals surface area contributed by atoms with Crippen LogP contribution in [0.25, 0.3) is 5.57 Å². The fraction of sp³-hybridized carbons (Fsp3) is 0.500. The summed E-state index contributed by atoms with van der Waals surface area (Å²) < 4.78 is 1.01. The average molecular weight is 270 g/mol. The molecule has 0 aromatic heterocycles. The molecule has 1 aliphatic carbocycles. The number of benzene rings is 1. The molecular weight excluding hydrogens is 246 g/mol. The molecule has 0 saturated carbocycles. The number of carbonyl (C=O) groups excluding carboxylic acids is 1. The number of allylic oxidation sites excluding steroid dienone is 1. The van der Waals surface area contributed by atoms with E-state index in [4.69, 9.17) is 0 Å². The van der Waals surface area contributed by atoms with Crippen LogP contribution in [-0.4, -0.2) is 36.9 Å². The van der Waals surface area contributed by atoms with E-state index in [9.17, 15) is 4.79 Å². The highest BCUT2D eigenvalue weighted by atomic mass is 16.1. The Morgan fingerprint density at radius 2 is 1.95 bits per heavy atom. The number of Topliss-reactive ketones (excluding diaryl/α,β-unsaturated/α-hetero) is 1. The maximum absolute atomic E-state index is 12.4. The number of hydrogen-bond acceptors (Lipinski definition) is 1. The third-order valence-corrected chi connectivity index (χ3v) is 4.97. The zero-order chi connectivity index (χ0) is 14.2. The molecule has 1 saturated heterocycles. The van der Waals surface area contributed by atoms with Gasteiger partial charge < -0.3 is 4.48 Å². The Bertz CT molecular complexity index is 556. The number of carbonyl (C=O) groups is 1. The van der Waals surface area contributed by atoms with Crippen molar-refractivity contribution in [3.05, 3.63) is 41.5 Å². The van der Waals surface area contributed by atoms with Gasteiger partial charge in [-0.2, -0.15) is 0 Å². The van der Waals surface area contributed by atoms with Crippen molar-refractivity contribution >= 4 is 11.4 Å². The summed E-state index contributed by atoms with van der Waals surface area (Å²) in [5, 5.41) is 0. The van der Waals surface area contributed by atoms with Gasteiger partial charge in [-0.15, -0.1) is 0 Å². The Morgan fingerprint density at radius 1 is 1.15 bits per heavy atom. The normalized spacial score (nSPS) is 27.4. The summed E-state index contributed by atoms with van der Waals surface area (Å²) in [6, 6.07) is 8.88. The molecule has 0 radical (unpaired) electrons. The van der Waals surface area contributed by atoms with Gasteiger partial charge in [0.15, 0.2) is 5.78 Å². The highest BCUT2D eigenvalue weighted by Crippen LogP contribution is 2.31. The monoisotopic (exact) mass is 270 g/mol. The summed E-state index contributed by atoms with van der Waals surface area (Å²) >= 11 is 0. The van der Waals surface area contributed by atoms with Gasteiger partial charge in [0.05, 0.1) is 20.6 Å². The minimum atomic E-state index is 0.328. The number of hydrogen-bond donors (Lipinski definition) is 0. The molecule has 1 aliphatic heterocycles. The standard InChI is InChI=1S/C18H24NO/c1-19(2)12-6-5-8-15(19)13-17-16-9-4-3-7-14(16)10-11-18(17)20/h3-4,7,9,13,15H,5-6,8,10-12H2,1-2H3/q+1/b17-13+. The van der Waals surface area contributed by atoms with E-state index in [0.29, 0.717) is 18.2 Å². The molecule has 0 bridgehead atoms. The molecule has 1 fully saturated rings. The first-order valence-corrected chi connectivity index (χ1v) is 7.74. The Morgan fingerprint density at radius 3 is 2.75 bits per heavy atom. The van der Waals surface area contributed by atoms with Crippen LogP contribution in [0.15, 0.2) is 30.3 Å². The van der Waals surface area contributed by atoms with Gasteiger partial charge in [-0.05, 0) is 36.5 Å². The van der Waals surface area contributed by atoms with Gasteiger partial charge in [-0.1, -0.05) is 24.3 Å². The number of nitrogens with zero attached hydrogens (tertiary/aromatic N) is 1. The van der Waals surface area contributed by atoms with Crippen LogP contribution < -0.4 is 0 Å². The summed E-state index contributed by atoms with van der Waals surface area (Å²) in [6.45, 7) is 1.21. The van der Waals surface area contributed by atoms with Crippen LogP contribution >= 0.6 is 0 Å². The fourth-order valence-electron chi connectivity index (χ4n) is 3.58. The summed E-state index contributed by atoms with van der Waals surface area (Å²) in [5.74, 6) is 0.328. The molecule has 2 aliphatic rings. The smallest absolute Gasteiger partial charge is 0.163 e. The van der Waals surface area contributed by atoms with Gasteiger partial charge in [0.2, 0.25) is 0 Å². The zero-order valence-corrected chi connectivity index (χ0v) is 12.6. The van der Waals surface area contributed by atoms with Gasteiger partial charge >= 0.3 is 0 Å². The molecule has 1 heterocycles. The molecule has 0 spiro atoms. The van der Waals surface area contributed by atoms with Gasteiger partial charge in [-0.25, -0.2) is 0 Å². The lowest BCUT2D eigenvalue weighted by Crippen LogP contribution is -2.51. The predicted molar refractivity (Wildman–Crippen MR) is 82.4 cm³/mol. The highest BCUT2D eigenvalue weighted by molar-refractivity contribution is 6.22. The lowest BCUT2D eigenvalue weighted by Gasteiger charge is -2.40. The first-order chi connectivity index (χ1) is 9.58. The van der Waals surface area contributed by atoms with Crippen molar-refractivity contribution in [2.24, 2.45) is 0 Å². The van der Waals surface area contributed by atoms with Crippen LogP contribution in [0.2, 0.25) is 0 Å². The van der Waals surface area contributed by atoms with Gasteiger partial charge in [0.25, 0.3) is 0 Å². The number of fused-ring (bicyclic) bond motifs is 1. The van der Waals surface area contributed by atoms with Gasteiger partial charge in [0, 0.05) is 18.4 Å². The van der Waals surface area contributed by atoms with Crippen molar-refractivity contribution in [1.82, 2.24) is 0 Å². The van der Waals surface area contributed by atoms with Crippen molar-refractivity contribution < 1.29 is 9.28 Å². The van der Waals surface area contributed by atoms with E-state index in [1.54, 1.807) is 0 Å². The van der Waals surface area contributed by atoms with E-state index in [2.05, 4.69) is 38.4 Å². The summed E-state index contributed by atoms with van der Waals surface area (Å²) in [4.78, 5) is 12.4. The molecule has 3 rings (SSSR count). The second-order valence-electron chi connectivity index (χ2n) is 6.73. The second kappa shape index (κ2) is 5.17. The highest BCUT2D eigenvalue weighted by Gasteiger charge is 2.32. The Hall–Kier alpha value is -1.41. The van der Waals surface area contributed by atoms with Crippen molar-refractivity contribution in [1.29, 1.82) is 0 Å². The molecule has 20 heavy (non-hydrogen) atoms. The topological polar surface area (TPSA) is 17.1 Å². The van der Waals surface area contributed by atoms with Crippen LogP contribution in [0.1, 0.15) is 36.8 Å². The summed E-state index contributed by atoms with van der Waals surface area (Å²) in [5.41, 5.74) is 3.48. The van der Waals surface area contributed by atoms with Crippen LogP contribution in [0.3, 0.4) is 0 Å². The van der Waals surface area contributed by atoms with Gasteiger partial charge in [-0.3, -0.25) is 4.79 Å². The van der Waals surface area contributed by atoms with Crippen LogP contribution in [-0.2, 0) is 11.2 Å². The minimum absolute atomic E-state index is 0.328. The Labute approximate surface area is 121 Å². The van der Waals surface area contributed by atoms with Crippen LogP contribution in [0.5, 0.6) is 0 Å². The number of ketones is 1. The van der Waals surface area contributed by atoms with E-state index in [0.717, 1.165) is 16.5 Å². The molecular formula is C18H24NO+. The lowest BCUT2D eigenvalue weighted by atomic mass is 9.84. The maximum atomic E-state index is 12.4. The SMILES string of the molecule is C[N+]1(C)CCCCC1/C=C1/C(=O)CCc2ccccc21. The number of likely N-dealkylation sites (N-methyl/N-ethyl adjacent to an activating group) is 1. The van der Waals surface area contributed by atoms with Crippen molar-refractivity contribution in [2.75, 3.05) is 20.6 Å². The first-order valence-electron chi connectivity index (χ1n) is 7.74. The molecule has 1 atom stereocenters. The van der Waals surface area contributed by atoms with E-state index in [1.165, 1.54) is 36.9 Å². The molecule has 0 amide bonds. The van der Waals surface area contributed by atoms with Crippen molar-refractivity contribution in [3.63, 3.8) is 0 Å². The number of likely N-dealkylation sites (tertiary alicyclic amines) is 1. The van der Waals surface area contributed by atoms with E-state index < -0.39 is 0 Å². The Balaban J connectivity index is 2.00. The van der Waals surface area contributed by atoms with Crippen molar-refractivity contribution in [2.45, 2.75) is 38.1 Å². The molecule has 2 heteroatoms. The lowest BCUT2D eigenvalue weighted by molar-refractivity contribution is -0.913. The van der Waals surface area contributed by atoms with Crippen LogP contribution in [0.4, 0.5) is 0 Å². The van der Waals surface area contributed by atoms with E-state index in [-0.39, 0.29) is 0 Å². The molecule has 0 N–H and O–H groups in total. The van der Waals surface area contributed by atoms with E-state index >= 15 is 0 Å². The van der Waals surface area contributed by atoms with E-state index in [1.807, 2.05) is 6.07 Å². The number of rotatable bonds is 1. The number of aryl methyl sites for hydroxylation is 1. The summed E-state index contributed by atoms with van der Waals surface area (Å²) in [6.07, 6.45) is 7.63. The third kappa shape index (κ3) is 2.45. The molecule has 1 aromatic carbocycles. The minimum Gasteiger partial charge on any atom is -0.323 e. The molecule has 1 aromatic rings. The fourth-order valence-corrected chi connectivity index (χ4v) is 3.58. The van der Waals surface area contributed by atoms with Crippen LogP contribution in [0, 0.1) is 0 Å². The quantitative estimate of drug-likeness (QED) is 0.566. The molecule has 2 nitrogen and oxygen atoms in total. The predicted octanol–water partition coefficient (Wildman–Crippen LogP) is 3.21. The zero-order valence-electron chi connectivity index (χ0n) is 12.6. The third-order valence-electron chi connectivity index (χ3n) is 4.97.